The summed E-state index contributed by atoms with van der Waals surface area (Å²) in [5, 5.41) is 4.38. The van der Waals surface area contributed by atoms with Crippen LogP contribution in [0.2, 0.25) is 0 Å². The molecule has 2 fully saturated rings. The van der Waals surface area contributed by atoms with Crippen molar-refractivity contribution in [1.82, 2.24) is 14.8 Å². The molecular formula is C19H25N3O. The minimum Gasteiger partial charge on any atom is -0.349 e. The molecule has 2 saturated heterocycles. The number of piperidine rings is 1. The van der Waals surface area contributed by atoms with Crippen LogP contribution in [-0.2, 0) is 7.05 Å². The van der Waals surface area contributed by atoms with Gasteiger partial charge in [-0.15, -0.1) is 0 Å². The Morgan fingerprint density at radius 3 is 2.48 bits per heavy atom. The summed E-state index contributed by atoms with van der Waals surface area (Å²) in [5.74, 6) is 0.0910. The van der Waals surface area contributed by atoms with Crippen molar-refractivity contribution in [3.05, 3.63) is 35.5 Å². The van der Waals surface area contributed by atoms with Crippen LogP contribution in [0.3, 0.4) is 0 Å². The number of carbonyl (C=O) groups excluding carboxylic acids is 1. The van der Waals surface area contributed by atoms with E-state index in [0.717, 1.165) is 35.0 Å². The van der Waals surface area contributed by atoms with Crippen molar-refractivity contribution in [2.75, 3.05) is 7.05 Å². The lowest BCUT2D eigenvalue weighted by atomic mass is 9.97. The lowest BCUT2D eigenvalue weighted by molar-refractivity contribution is 0.0883. The summed E-state index contributed by atoms with van der Waals surface area (Å²) in [5.41, 5.74) is 3.01. The molecule has 0 aliphatic carbocycles. The molecule has 2 bridgehead atoms. The Balaban J connectivity index is 1.60. The highest BCUT2D eigenvalue weighted by Crippen LogP contribution is 2.34. The van der Waals surface area contributed by atoms with Gasteiger partial charge in [0.15, 0.2) is 0 Å². The summed E-state index contributed by atoms with van der Waals surface area (Å²) in [6, 6.07) is 9.77. The van der Waals surface area contributed by atoms with Gasteiger partial charge in [-0.05, 0) is 45.7 Å². The fourth-order valence-corrected chi connectivity index (χ4v) is 4.59. The van der Waals surface area contributed by atoms with Crippen LogP contribution in [0, 0.1) is 6.92 Å². The van der Waals surface area contributed by atoms with Crippen LogP contribution in [0.5, 0.6) is 0 Å². The van der Waals surface area contributed by atoms with Crippen LogP contribution in [-0.4, -0.2) is 40.5 Å². The molecule has 1 aromatic carbocycles. The Kier molecular flexibility index (Phi) is 3.45. The number of nitrogens with one attached hydrogen (secondary N) is 1. The molecule has 0 spiro atoms. The number of fused-ring (bicyclic) bond motifs is 3. The molecule has 4 nitrogen and oxygen atoms in total. The maximum atomic E-state index is 12.9. The third kappa shape index (κ3) is 2.27. The van der Waals surface area contributed by atoms with Crippen LogP contribution in [0.25, 0.3) is 10.9 Å². The predicted octanol–water partition coefficient (Wildman–Crippen LogP) is 2.84. The van der Waals surface area contributed by atoms with Crippen LogP contribution in [0.15, 0.2) is 24.3 Å². The van der Waals surface area contributed by atoms with Gasteiger partial charge in [-0.2, -0.15) is 0 Å². The van der Waals surface area contributed by atoms with Gasteiger partial charge in [0.2, 0.25) is 0 Å². The van der Waals surface area contributed by atoms with E-state index < -0.39 is 0 Å². The van der Waals surface area contributed by atoms with E-state index in [4.69, 9.17) is 0 Å². The molecule has 122 valence electrons. The molecule has 1 N–H and O–H groups in total. The molecule has 1 aromatic heterocycles. The highest BCUT2D eigenvalue weighted by atomic mass is 16.1. The van der Waals surface area contributed by atoms with Gasteiger partial charge in [0, 0.05) is 41.8 Å². The zero-order chi connectivity index (χ0) is 16.1. The van der Waals surface area contributed by atoms with Gasteiger partial charge in [-0.1, -0.05) is 18.2 Å². The maximum absolute atomic E-state index is 12.9. The highest BCUT2D eigenvalue weighted by Gasteiger charge is 2.39. The zero-order valence-electron chi connectivity index (χ0n) is 14.2. The van der Waals surface area contributed by atoms with Gasteiger partial charge in [-0.25, -0.2) is 0 Å². The molecule has 2 aromatic rings. The van der Waals surface area contributed by atoms with Crippen molar-refractivity contribution in [3.8, 4) is 0 Å². The number of para-hydroxylation sites is 1. The molecule has 2 aliphatic rings. The summed E-state index contributed by atoms with van der Waals surface area (Å²) in [6.07, 6.45) is 4.73. The van der Waals surface area contributed by atoms with E-state index in [1.165, 1.54) is 12.8 Å². The molecule has 0 unspecified atom stereocenters. The summed E-state index contributed by atoms with van der Waals surface area (Å²) >= 11 is 0. The van der Waals surface area contributed by atoms with Crippen molar-refractivity contribution in [1.29, 1.82) is 0 Å². The van der Waals surface area contributed by atoms with Crippen LogP contribution >= 0.6 is 0 Å². The smallest absolute Gasteiger partial charge is 0.253 e. The average Bonchev–Trinajstić information content (AvgIpc) is 2.90. The summed E-state index contributed by atoms with van der Waals surface area (Å²) in [4.78, 5) is 15.4. The number of carbonyl (C=O) groups is 1. The van der Waals surface area contributed by atoms with E-state index >= 15 is 0 Å². The number of aryl methyl sites for hydroxylation is 1. The Bertz CT molecular complexity index is 749. The molecular weight excluding hydrogens is 286 g/mol. The molecule has 0 radical (unpaired) electrons. The van der Waals surface area contributed by atoms with Gasteiger partial charge in [0.1, 0.15) is 0 Å². The van der Waals surface area contributed by atoms with Crippen molar-refractivity contribution >= 4 is 16.8 Å². The molecule has 3 heterocycles. The second-order valence-corrected chi connectivity index (χ2v) is 7.23. The lowest BCUT2D eigenvalue weighted by Crippen LogP contribution is -2.48. The van der Waals surface area contributed by atoms with E-state index in [1.807, 2.05) is 26.1 Å². The first kappa shape index (κ1) is 14.8. The quantitative estimate of drug-likeness (QED) is 0.926. The molecule has 23 heavy (non-hydrogen) atoms. The van der Waals surface area contributed by atoms with Crippen molar-refractivity contribution in [2.24, 2.45) is 7.05 Å². The van der Waals surface area contributed by atoms with E-state index in [1.54, 1.807) is 0 Å². The zero-order valence-corrected chi connectivity index (χ0v) is 14.2. The number of hydrogen-bond donors (Lipinski definition) is 1. The van der Waals surface area contributed by atoms with E-state index in [2.05, 4.69) is 34.0 Å². The molecule has 0 saturated carbocycles. The maximum Gasteiger partial charge on any atom is 0.253 e. The first-order valence-electron chi connectivity index (χ1n) is 8.63. The SMILES string of the molecule is Cc1c(C(=O)N[C@@H]2C[C@H]3CC[C@@H](C2)N3C)c2ccccc2n1C. The average molecular weight is 311 g/mol. The fourth-order valence-electron chi connectivity index (χ4n) is 4.59. The number of hydrogen-bond acceptors (Lipinski definition) is 2. The largest absolute Gasteiger partial charge is 0.349 e. The standard InChI is InChI=1S/C19H25N3O/c1-12-18(16-6-4-5-7-17(16)21(12)2)19(23)20-13-10-14-8-9-15(11-13)22(14)3/h4-7,13-15H,8-11H2,1-3H3,(H,20,23)/t13-,14-,15+. The van der Waals surface area contributed by atoms with Gasteiger partial charge < -0.3 is 14.8 Å². The second kappa shape index (κ2) is 5.38. The molecule has 4 rings (SSSR count). The molecule has 4 heteroatoms. The Morgan fingerprint density at radius 1 is 1.13 bits per heavy atom. The lowest BCUT2D eigenvalue weighted by Gasteiger charge is -2.36. The van der Waals surface area contributed by atoms with E-state index in [0.29, 0.717) is 18.1 Å². The van der Waals surface area contributed by atoms with Gasteiger partial charge in [0.25, 0.3) is 5.91 Å². The summed E-state index contributed by atoms with van der Waals surface area (Å²) < 4.78 is 2.11. The number of benzene rings is 1. The molecule has 2 aliphatic heterocycles. The minimum atomic E-state index is 0.0910. The van der Waals surface area contributed by atoms with Gasteiger partial charge >= 0.3 is 0 Å². The van der Waals surface area contributed by atoms with E-state index in [-0.39, 0.29) is 5.91 Å². The normalized spacial score (nSPS) is 27.5. The number of aromatic nitrogens is 1. The molecule has 3 atom stereocenters. The van der Waals surface area contributed by atoms with E-state index in [9.17, 15) is 4.79 Å². The Labute approximate surface area is 137 Å². The number of amides is 1. The van der Waals surface area contributed by atoms with Gasteiger partial charge in [0.05, 0.1) is 5.56 Å². The summed E-state index contributed by atoms with van der Waals surface area (Å²) in [6.45, 7) is 2.03. The van der Waals surface area contributed by atoms with Crippen molar-refractivity contribution in [3.63, 3.8) is 0 Å². The van der Waals surface area contributed by atoms with Crippen molar-refractivity contribution in [2.45, 2.75) is 50.7 Å². The minimum absolute atomic E-state index is 0.0910. The first-order valence-corrected chi connectivity index (χ1v) is 8.63. The van der Waals surface area contributed by atoms with Crippen molar-refractivity contribution < 1.29 is 4.79 Å². The first-order chi connectivity index (χ1) is 11.1. The monoisotopic (exact) mass is 311 g/mol. The molecule has 1 amide bonds. The van der Waals surface area contributed by atoms with Crippen LogP contribution in [0.4, 0.5) is 0 Å². The number of nitrogens with zero attached hydrogens (tertiary/aromatic N) is 2. The predicted molar refractivity (Wildman–Crippen MR) is 92.7 cm³/mol. The van der Waals surface area contributed by atoms with Gasteiger partial charge in [-0.3, -0.25) is 4.79 Å². The van der Waals surface area contributed by atoms with Crippen LogP contribution in [0.1, 0.15) is 41.7 Å². The fraction of sp³-hybridized carbons (Fsp3) is 0.526. The Hall–Kier alpha value is -1.81. The summed E-state index contributed by atoms with van der Waals surface area (Å²) in [7, 11) is 4.26. The third-order valence-electron chi connectivity index (χ3n) is 6.06. The third-order valence-corrected chi connectivity index (χ3v) is 6.06. The number of rotatable bonds is 2. The Morgan fingerprint density at radius 2 is 1.78 bits per heavy atom. The topological polar surface area (TPSA) is 37.3 Å². The highest BCUT2D eigenvalue weighted by molar-refractivity contribution is 6.08. The second-order valence-electron chi connectivity index (χ2n) is 7.23. The van der Waals surface area contributed by atoms with Crippen LogP contribution < -0.4 is 5.32 Å².